The van der Waals surface area contributed by atoms with E-state index in [1.165, 1.54) is 27.8 Å². The van der Waals surface area contributed by atoms with Gasteiger partial charge in [0.05, 0.1) is 10.2 Å². The van der Waals surface area contributed by atoms with Crippen LogP contribution >= 0.6 is 23.1 Å². The van der Waals surface area contributed by atoms with Gasteiger partial charge in [-0.1, -0.05) is 29.8 Å². The van der Waals surface area contributed by atoms with Crippen LogP contribution in [-0.4, -0.2) is 30.2 Å². The molecule has 0 fully saturated rings. The number of benzene rings is 1. The smallest absolute Gasteiger partial charge is 0.215 e. The molecule has 0 saturated heterocycles. The summed E-state index contributed by atoms with van der Waals surface area (Å²) < 4.78 is 2.68. The van der Waals surface area contributed by atoms with Crippen LogP contribution in [0.2, 0.25) is 0 Å². The van der Waals surface area contributed by atoms with Crippen molar-refractivity contribution in [1.82, 2.24) is 30.2 Å². The van der Waals surface area contributed by atoms with Gasteiger partial charge in [0.25, 0.3) is 0 Å². The van der Waals surface area contributed by atoms with Gasteiger partial charge in [-0.05, 0) is 40.7 Å². The topological polar surface area (TPSA) is 69.4 Å². The van der Waals surface area contributed by atoms with Crippen LogP contribution in [0.4, 0.5) is 0 Å². The third-order valence-corrected chi connectivity index (χ3v) is 5.72. The Balaban J connectivity index is 1.78. The Hall–Kier alpha value is -2.32. The van der Waals surface area contributed by atoms with E-state index >= 15 is 0 Å². The summed E-state index contributed by atoms with van der Waals surface area (Å²) in [7, 11) is 1.81. The van der Waals surface area contributed by atoms with Gasteiger partial charge in [0.2, 0.25) is 5.16 Å². The Morgan fingerprint density at radius 1 is 1.13 bits per heavy atom. The molecule has 0 spiro atoms. The highest BCUT2D eigenvalue weighted by Gasteiger charge is 2.14. The van der Waals surface area contributed by atoms with E-state index in [-0.39, 0.29) is 0 Å². The molecule has 4 aromatic rings. The molecule has 8 heteroatoms. The molecule has 3 aromatic heterocycles. The molecule has 0 aliphatic carbocycles. The molecule has 0 bridgehead atoms. The van der Waals surface area contributed by atoms with Gasteiger partial charge in [0.1, 0.15) is 11.4 Å². The van der Waals surface area contributed by atoms with Crippen LogP contribution in [0.25, 0.3) is 20.7 Å². The fourth-order valence-electron chi connectivity index (χ4n) is 2.16. The van der Waals surface area contributed by atoms with Gasteiger partial charge in [-0.3, -0.25) is 0 Å². The van der Waals surface area contributed by atoms with Crippen molar-refractivity contribution in [1.29, 1.82) is 0 Å². The highest BCUT2D eigenvalue weighted by atomic mass is 32.2. The number of aryl methyl sites for hydroxylation is 2. The maximum atomic E-state index is 4.40. The number of rotatable bonds is 3. The minimum Gasteiger partial charge on any atom is -0.235 e. The second-order valence-electron chi connectivity index (χ2n) is 5.06. The zero-order valence-corrected chi connectivity index (χ0v) is 14.1. The summed E-state index contributed by atoms with van der Waals surface area (Å²) >= 11 is 3.13. The molecular weight excluding hydrogens is 328 g/mol. The first-order valence-electron chi connectivity index (χ1n) is 6.92. The molecule has 0 aliphatic heterocycles. The first-order chi connectivity index (χ1) is 11.2. The van der Waals surface area contributed by atoms with E-state index < -0.39 is 0 Å². The summed E-state index contributed by atoms with van der Waals surface area (Å²) in [6.45, 7) is 2.09. The molecule has 114 valence electrons. The van der Waals surface area contributed by atoms with Gasteiger partial charge in [0, 0.05) is 11.9 Å². The lowest BCUT2D eigenvalue weighted by Crippen LogP contribution is -1.93. The van der Waals surface area contributed by atoms with Crippen LogP contribution in [0.15, 0.2) is 46.8 Å². The average Bonchev–Trinajstić information content (AvgIpc) is 3.15. The van der Waals surface area contributed by atoms with Crippen LogP contribution in [0.1, 0.15) is 5.56 Å². The lowest BCUT2D eigenvalue weighted by atomic mass is 10.1. The van der Waals surface area contributed by atoms with E-state index in [4.69, 9.17) is 0 Å². The molecule has 0 saturated carbocycles. The normalized spacial score (nSPS) is 11.2. The van der Waals surface area contributed by atoms with Gasteiger partial charge in [-0.25, -0.2) is 14.6 Å². The maximum absolute atomic E-state index is 4.40. The van der Waals surface area contributed by atoms with E-state index in [9.17, 15) is 0 Å². The van der Waals surface area contributed by atoms with E-state index in [0.29, 0.717) is 5.16 Å². The molecular formula is C15H12N6S2. The van der Waals surface area contributed by atoms with Gasteiger partial charge < -0.3 is 0 Å². The molecule has 3 heterocycles. The van der Waals surface area contributed by atoms with E-state index in [0.717, 1.165) is 15.2 Å². The number of thiophene rings is 1. The SMILES string of the molecule is Cc1ccc(-c2cc3ncnc(Sc4nnnn4C)c3s2)cc1. The lowest BCUT2D eigenvalue weighted by molar-refractivity contribution is 0.664. The first-order valence-corrected chi connectivity index (χ1v) is 8.56. The second kappa shape index (κ2) is 5.71. The van der Waals surface area contributed by atoms with Crippen LogP contribution in [0.3, 0.4) is 0 Å². The fraction of sp³-hybridized carbons (Fsp3) is 0.133. The Kier molecular flexibility index (Phi) is 3.55. The molecule has 23 heavy (non-hydrogen) atoms. The number of nitrogens with zero attached hydrogens (tertiary/aromatic N) is 6. The van der Waals surface area contributed by atoms with Gasteiger partial charge in [0.15, 0.2) is 0 Å². The highest BCUT2D eigenvalue weighted by molar-refractivity contribution is 7.99. The molecule has 0 unspecified atom stereocenters. The van der Waals surface area contributed by atoms with Crippen LogP contribution in [-0.2, 0) is 7.05 Å². The van der Waals surface area contributed by atoms with Gasteiger partial charge >= 0.3 is 0 Å². The summed E-state index contributed by atoms with van der Waals surface area (Å²) in [5.74, 6) is 0. The number of tetrazole rings is 1. The minimum absolute atomic E-state index is 0.704. The Morgan fingerprint density at radius 2 is 1.96 bits per heavy atom. The summed E-state index contributed by atoms with van der Waals surface area (Å²) in [5.41, 5.74) is 3.38. The van der Waals surface area contributed by atoms with Crippen molar-refractivity contribution in [2.45, 2.75) is 17.1 Å². The lowest BCUT2D eigenvalue weighted by Gasteiger charge is -1.99. The van der Waals surface area contributed by atoms with Gasteiger partial charge in [-0.15, -0.1) is 16.4 Å². The number of aromatic nitrogens is 6. The predicted octanol–water partition coefficient (Wildman–Crippen LogP) is 3.34. The van der Waals surface area contributed by atoms with Crippen molar-refractivity contribution in [3.05, 3.63) is 42.2 Å². The summed E-state index contributed by atoms with van der Waals surface area (Å²) in [6, 6.07) is 10.6. The molecule has 0 N–H and O–H groups in total. The molecule has 0 aliphatic rings. The monoisotopic (exact) mass is 340 g/mol. The predicted molar refractivity (Wildman–Crippen MR) is 90.5 cm³/mol. The number of fused-ring (bicyclic) bond motifs is 1. The Morgan fingerprint density at radius 3 is 2.70 bits per heavy atom. The zero-order valence-electron chi connectivity index (χ0n) is 12.5. The van der Waals surface area contributed by atoms with E-state index in [1.54, 1.807) is 22.3 Å². The highest BCUT2D eigenvalue weighted by Crippen LogP contribution is 2.38. The summed E-state index contributed by atoms with van der Waals surface area (Å²) in [5, 5.41) is 13.1. The third-order valence-electron chi connectivity index (χ3n) is 3.38. The van der Waals surface area contributed by atoms with Crippen molar-refractivity contribution in [2.24, 2.45) is 7.05 Å². The van der Waals surface area contributed by atoms with Crippen LogP contribution < -0.4 is 0 Å². The minimum atomic E-state index is 0.704. The summed E-state index contributed by atoms with van der Waals surface area (Å²) in [6.07, 6.45) is 1.58. The second-order valence-corrected chi connectivity index (χ2v) is 7.07. The molecule has 6 nitrogen and oxygen atoms in total. The third kappa shape index (κ3) is 2.71. The van der Waals surface area contributed by atoms with E-state index in [1.807, 2.05) is 7.05 Å². The fourth-order valence-corrected chi connectivity index (χ4v) is 4.13. The number of hydrogen-bond acceptors (Lipinski definition) is 7. The molecule has 0 atom stereocenters. The van der Waals surface area contributed by atoms with Crippen molar-refractivity contribution >= 4 is 33.3 Å². The first kappa shape index (κ1) is 14.3. The standard InChI is InChI=1S/C15H12N6S2/c1-9-3-5-10(6-4-9)12-7-11-13(22-12)14(17-8-16-11)23-15-18-19-20-21(15)2/h3-8H,1-2H3. The maximum Gasteiger partial charge on any atom is 0.215 e. The number of hydrogen-bond donors (Lipinski definition) is 0. The Bertz CT molecular complexity index is 973. The van der Waals surface area contributed by atoms with E-state index in [2.05, 4.69) is 62.7 Å². The summed E-state index contributed by atoms with van der Waals surface area (Å²) in [4.78, 5) is 9.96. The largest absolute Gasteiger partial charge is 0.235 e. The van der Waals surface area contributed by atoms with Crippen molar-refractivity contribution < 1.29 is 0 Å². The average molecular weight is 340 g/mol. The van der Waals surface area contributed by atoms with Crippen molar-refractivity contribution in [3.8, 4) is 10.4 Å². The molecule has 4 rings (SSSR count). The molecule has 0 radical (unpaired) electrons. The van der Waals surface area contributed by atoms with Crippen LogP contribution in [0.5, 0.6) is 0 Å². The molecule has 1 aromatic carbocycles. The quantitative estimate of drug-likeness (QED) is 0.533. The Labute approximate surface area is 140 Å². The van der Waals surface area contributed by atoms with Crippen LogP contribution in [0, 0.1) is 6.92 Å². The molecule has 0 amide bonds. The van der Waals surface area contributed by atoms with Crippen molar-refractivity contribution in [3.63, 3.8) is 0 Å². The van der Waals surface area contributed by atoms with Gasteiger partial charge in [-0.2, -0.15) is 0 Å². The zero-order chi connectivity index (χ0) is 15.8. The van der Waals surface area contributed by atoms with Crippen molar-refractivity contribution in [2.75, 3.05) is 0 Å².